The zero-order chi connectivity index (χ0) is 36.3. The quantitative estimate of drug-likeness (QED) is 0.109. The average molecular weight is 740 g/mol. The maximum atomic E-state index is 12.4. The Labute approximate surface area is 311 Å². The van der Waals surface area contributed by atoms with E-state index >= 15 is 0 Å². The van der Waals surface area contributed by atoms with E-state index in [2.05, 4.69) is 36.4 Å². The van der Waals surface area contributed by atoms with Crippen LogP contribution in [0.2, 0.25) is 0 Å². The van der Waals surface area contributed by atoms with E-state index in [1.807, 2.05) is 51.9 Å². The van der Waals surface area contributed by atoms with Crippen molar-refractivity contribution in [3.05, 3.63) is 95.1 Å². The number of benzene rings is 2. The SMILES string of the molecule is NCC[C@@H]1[C@@H]([C@@H](O)C(=O)O)[C@H]2C=C[C@H]1C[C@@H](C/C=C\[C@H](O)[C@H](O)C1CCC(O)CC1)[C@@H](Cc1cccc(CO)c1)CSSCc1ccccc1C2. The van der Waals surface area contributed by atoms with Crippen LogP contribution in [-0.2, 0) is 30.0 Å². The molecule has 0 unspecified atom stereocenters. The van der Waals surface area contributed by atoms with Crippen molar-refractivity contribution in [2.45, 2.75) is 94.6 Å². The molecule has 0 amide bonds. The number of allylic oxidation sites excluding steroid dienone is 3. The Hall–Kier alpha value is -2.15. The summed E-state index contributed by atoms with van der Waals surface area (Å²) in [7, 11) is 3.69. The van der Waals surface area contributed by atoms with Gasteiger partial charge in [-0.15, -0.1) is 0 Å². The van der Waals surface area contributed by atoms with E-state index in [4.69, 9.17) is 5.73 Å². The van der Waals surface area contributed by atoms with E-state index in [1.54, 1.807) is 6.08 Å². The summed E-state index contributed by atoms with van der Waals surface area (Å²) in [6.07, 6.45) is 10.5. The lowest BCUT2D eigenvalue weighted by molar-refractivity contribution is -0.153. The number of carboxylic acids is 1. The monoisotopic (exact) mass is 739 g/mol. The van der Waals surface area contributed by atoms with E-state index in [-0.39, 0.29) is 48.2 Å². The van der Waals surface area contributed by atoms with Crippen LogP contribution < -0.4 is 5.73 Å². The van der Waals surface area contributed by atoms with Crippen LogP contribution in [0.3, 0.4) is 0 Å². The Morgan fingerprint density at radius 2 is 1.65 bits per heavy atom. The Morgan fingerprint density at radius 3 is 2.37 bits per heavy atom. The number of aliphatic hydroxyl groups is 5. The predicted octanol–water partition coefficient (Wildman–Crippen LogP) is 5.53. The number of aliphatic carboxylic acids is 1. The second kappa shape index (κ2) is 19.8. The highest BCUT2D eigenvalue weighted by Gasteiger charge is 2.44. The first-order valence-electron chi connectivity index (χ1n) is 18.7. The fraction of sp³-hybridized carbons (Fsp3) is 0.585. The molecule has 6 rings (SSSR count). The Kier molecular flexibility index (Phi) is 15.5. The molecule has 1 fully saturated rings. The van der Waals surface area contributed by atoms with Gasteiger partial charge in [-0.2, -0.15) is 0 Å². The second-order valence-corrected chi connectivity index (χ2v) is 17.5. The van der Waals surface area contributed by atoms with Gasteiger partial charge in [0.05, 0.1) is 24.9 Å². The second-order valence-electron chi connectivity index (χ2n) is 15.0. The number of rotatable bonds is 12. The van der Waals surface area contributed by atoms with E-state index in [1.165, 1.54) is 11.1 Å². The van der Waals surface area contributed by atoms with Crippen molar-refractivity contribution in [1.29, 1.82) is 0 Å². The van der Waals surface area contributed by atoms with Crippen molar-refractivity contribution in [1.82, 2.24) is 0 Å². The van der Waals surface area contributed by atoms with Crippen LogP contribution in [0.1, 0.15) is 67.2 Å². The topological polar surface area (TPSA) is 164 Å². The van der Waals surface area contributed by atoms with Gasteiger partial charge in [0.2, 0.25) is 0 Å². The standard InChI is InChI=1S/C41H57NO7S2/c42-18-17-36-31-11-12-32(38(36)40(47)41(48)49)22-29-7-1-2-8-33(29)24-50-51-25-34(20-26-5-3-6-27(19-26)23-43)30(21-31)9-4-10-37(45)39(46)28-13-15-35(44)16-14-28/h1-8,10-12,19,28,30-32,34-40,43-47H,9,13-18,20-25,42H2,(H,48,49)/b10-4-/t28?,30-,31+,32+,34+,35?,36+,37+,38+,39-,40-/m1/s1. The summed E-state index contributed by atoms with van der Waals surface area (Å²) in [4.78, 5) is 12.4. The molecule has 1 saturated carbocycles. The van der Waals surface area contributed by atoms with Crippen molar-refractivity contribution in [2.75, 3.05) is 12.3 Å². The molecule has 0 spiro atoms. The van der Waals surface area contributed by atoms with E-state index in [0.29, 0.717) is 51.5 Å². The van der Waals surface area contributed by atoms with Gasteiger partial charge in [-0.25, -0.2) is 4.79 Å². The Morgan fingerprint density at radius 1 is 0.922 bits per heavy atom. The fourth-order valence-electron chi connectivity index (χ4n) is 8.82. The lowest BCUT2D eigenvalue weighted by Crippen LogP contribution is -2.45. The van der Waals surface area contributed by atoms with Gasteiger partial charge in [0.1, 0.15) is 0 Å². The summed E-state index contributed by atoms with van der Waals surface area (Å²) in [6.45, 7) is 0.356. The number of hydrogen-bond donors (Lipinski definition) is 7. The summed E-state index contributed by atoms with van der Waals surface area (Å²) < 4.78 is 0. The third-order valence-electron chi connectivity index (χ3n) is 11.7. The predicted molar refractivity (Wildman–Crippen MR) is 206 cm³/mol. The van der Waals surface area contributed by atoms with Crippen molar-refractivity contribution < 1.29 is 35.4 Å². The first-order chi connectivity index (χ1) is 24.7. The van der Waals surface area contributed by atoms with E-state index < -0.39 is 30.2 Å². The minimum Gasteiger partial charge on any atom is -0.479 e. The number of hydrogen-bond acceptors (Lipinski definition) is 9. The molecule has 4 aliphatic rings. The Bertz CT molecular complexity index is 1450. The molecule has 2 bridgehead atoms. The maximum absolute atomic E-state index is 12.4. The molecule has 51 heavy (non-hydrogen) atoms. The van der Waals surface area contributed by atoms with E-state index in [9.17, 15) is 35.4 Å². The van der Waals surface area contributed by atoms with Crippen molar-refractivity contribution in [3.8, 4) is 0 Å². The zero-order valence-electron chi connectivity index (χ0n) is 29.5. The Balaban J connectivity index is 1.49. The molecule has 9 atom stereocenters. The highest BCUT2D eigenvalue weighted by Crippen LogP contribution is 2.46. The first-order valence-corrected chi connectivity index (χ1v) is 21.2. The molecule has 2 aromatic rings. The summed E-state index contributed by atoms with van der Waals surface area (Å²) in [5, 5.41) is 63.3. The molecule has 2 aliphatic heterocycles. The van der Waals surface area contributed by atoms with Gasteiger partial charge in [-0.3, -0.25) is 0 Å². The third kappa shape index (κ3) is 10.9. The normalized spacial score (nSPS) is 30.7. The maximum Gasteiger partial charge on any atom is 0.332 e. The largest absolute Gasteiger partial charge is 0.479 e. The molecule has 2 aromatic carbocycles. The molecule has 2 heterocycles. The number of aliphatic hydroxyl groups excluding tert-OH is 5. The minimum absolute atomic E-state index is 0.00602. The highest BCUT2D eigenvalue weighted by molar-refractivity contribution is 8.76. The van der Waals surface area contributed by atoms with Gasteiger partial charge >= 0.3 is 5.97 Å². The van der Waals surface area contributed by atoms with Gasteiger partial charge in [0, 0.05) is 17.4 Å². The number of nitrogens with two attached hydrogens (primary N) is 1. The molecule has 10 heteroatoms. The molecule has 8 N–H and O–H groups in total. The summed E-state index contributed by atoms with van der Waals surface area (Å²) in [5.41, 5.74) is 10.6. The minimum atomic E-state index is -1.52. The van der Waals surface area contributed by atoms with Crippen molar-refractivity contribution in [3.63, 3.8) is 0 Å². The molecule has 0 aromatic heterocycles. The van der Waals surface area contributed by atoms with Gasteiger partial charge in [0.25, 0.3) is 0 Å². The van der Waals surface area contributed by atoms with Crippen LogP contribution in [0.4, 0.5) is 0 Å². The number of fused-ring (bicyclic) bond motifs is 7. The van der Waals surface area contributed by atoms with Crippen LogP contribution >= 0.6 is 21.6 Å². The van der Waals surface area contributed by atoms with Gasteiger partial charge in [-0.05, 0) is 122 Å². The molecule has 8 nitrogen and oxygen atoms in total. The van der Waals surface area contributed by atoms with Crippen molar-refractivity contribution in [2.24, 2.45) is 47.2 Å². The van der Waals surface area contributed by atoms with Crippen LogP contribution in [0.5, 0.6) is 0 Å². The first kappa shape index (κ1) is 40.0. The average Bonchev–Trinajstić information content (AvgIpc) is 3.13. The van der Waals surface area contributed by atoms with Crippen LogP contribution in [0.15, 0.2) is 72.8 Å². The molecule has 0 radical (unpaired) electrons. The fourth-order valence-corrected chi connectivity index (χ4v) is 11.4. The summed E-state index contributed by atoms with van der Waals surface area (Å²) in [6, 6.07) is 16.4. The lowest BCUT2D eigenvalue weighted by atomic mass is 9.62. The van der Waals surface area contributed by atoms with Gasteiger partial charge < -0.3 is 36.4 Å². The van der Waals surface area contributed by atoms with Crippen LogP contribution in [0, 0.1) is 41.4 Å². The molecule has 0 saturated heterocycles. The van der Waals surface area contributed by atoms with Crippen LogP contribution in [0.25, 0.3) is 0 Å². The van der Waals surface area contributed by atoms with Gasteiger partial charge in [-0.1, -0.05) is 94.4 Å². The molecular weight excluding hydrogens is 683 g/mol. The highest BCUT2D eigenvalue weighted by atomic mass is 33.1. The van der Waals surface area contributed by atoms with Crippen LogP contribution in [-0.4, -0.2) is 73.3 Å². The zero-order valence-corrected chi connectivity index (χ0v) is 31.1. The van der Waals surface area contributed by atoms with E-state index in [0.717, 1.165) is 35.5 Å². The smallest absolute Gasteiger partial charge is 0.332 e. The molecule has 2 aliphatic carbocycles. The number of carboxylic acid groups (broad SMARTS) is 1. The summed E-state index contributed by atoms with van der Waals surface area (Å²) in [5.74, 6) is -0.0466. The number of carbonyl (C=O) groups is 1. The summed E-state index contributed by atoms with van der Waals surface area (Å²) >= 11 is 0. The molecule has 280 valence electrons. The van der Waals surface area contributed by atoms with Gasteiger partial charge in [0.15, 0.2) is 6.10 Å². The van der Waals surface area contributed by atoms with Crippen molar-refractivity contribution >= 4 is 27.6 Å². The molecular formula is C41H57NO7S2. The third-order valence-corrected chi connectivity index (χ3v) is 14.1. The lowest BCUT2D eigenvalue weighted by Gasteiger charge is -2.43.